The van der Waals surface area contributed by atoms with Crippen LogP contribution in [0.2, 0.25) is 0 Å². The average Bonchev–Trinajstić information content (AvgIpc) is 2.28. The van der Waals surface area contributed by atoms with Gasteiger partial charge in [0.15, 0.2) is 0 Å². The summed E-state index contributed by atoms with van der Waals surface area (Å²) < 4.78 is 0. The highest BCUT2D eigenvalue weighted by molar-refractivity contribution is 5.77. The minimum Gasteiger partial charge on any atom is -0.345 e. The first-order chi connectivity index (χ1) is 7.58. The molecule has 0 bridgehead atoms. The van der Waals surface area contributed by atoms with Gasteiger partial charge in [-0.3, -0.25) is 9.69 Å². The first-order valence-electron chi connectivity index (χ1n) is 6.24. The van der Waals surface area contributed by atoms with Crippen molar-refractivity contribution >= 4 is 5.91 Å². The predicted octanol–water partition coefficient (Wildman–Crippen LogP) is 0.381. The number of carbonyl (C=O) groups is 1. The zero-order valence-electron chi connectivity index (χ0n) is 10.8. The number of nitrogens with two attached hydrogens (primary N) is 1. The van der Waals surface area contributed by atoms with Crippen LogP contribution in [0.15, 0.2) is 0 Å². The Morgan fingerprint density at radius 3 is 2.75 bits per heavy atom. The van der Waals surface area contributed by atoms with Crippen molar-refractivity contribution < 1.29 is 4.79 Å². The molecule has 4 nitrogen and oxygen atoms in total. The summed E-state index contributed by atoms with van der Waals surface area (Å²) in [6, 6.07) is 0. The first kappa shape index (κ1) is 13.5. The molecule has 0 saturated carbocycles. The van der Waals surface area contributed by atoms with Crippen molar-refractivity contribution in [2.75, 3.05) is 39.8 Å². The molecule has 2 atom stereocenters. The van der Waals surface area contributed by atoms with Gasteiger partial charge in [-0.2, -0.15) is 0 Å². The van der Waals surface area contributed by atoms with Crippen LogP contribution < -0.4 is 5.73 Å². The summed E-state index contributed by atoms with van der Waals surface area (Å²) in [6.45, 7) is 8.37. The van der Waals surface area contributed by atoms with Crippen molar-refractivity contribution in [3.05, 3.63) is 0 Å². The molecule has 94 valence electrons. The van der Waals surface area contributed by atoms with Crippen LogP contribution in [-0.2, 0) is 4.79 Å². The Morgan fingerprint density at radius 1 is 1.56 bits per heavy atom. The number of carbonyl (C=O) groups excluding carboxylic acids is 1. The largest absolute Gasteiger partial charge is 0.345 e. The molecule has 1 rings (SSSR count). The van der Waals surface area contributed by atoms with Gasteiger partial charge < -0.3 is 10.6 Å². The molecule has 0 aromatic rings. The van der Waals surface area contributed by atoms with Gasteiger partial charge in [0.2, 0.25) is 5.91 Å². The Morgan fingerprint density at radius 2 is 2.25 bits per heavy atom. The second kappa shape index (κ2) is 6.21. The van der Waals surface area contributed by atoms with E-state index >= 15 is 0 Å². The molecule has 0 aliphatic carbocycles. The summed E-state index contributed by atoms with van der Waals surface area (Å²) in [5.74, 6) is 1.47. The van der Waals surface area contributed by atoms with Gasteiger partial charge in [0.25, 0.3) is 0 Å². The normalized spacial score (nSPS) is 26.8. The summed E-state index contributed by atoms with van der Waals surface area (Å²) in [6.07, 6.45) is 1.13. The predicted molar refractivity (Wildman–Crippen MR) is 66.1 cm³/mol. The maximum atomic E-state index is 11.8. The third kappa shape index (κ3) is 3.46. The molecule has 0 spiro atoms. The van der Waals surface area contributed by atoms with Crippen molar-refractivity contribution in [1.82, 2.24) is 9.80 Å². The van der Waals surface area contributed by atoms with Crippen LogP contribution in [0.25, 0.3) is 0 Å². The van der Waals surface area contributed by atoms with Gasteiger partial charge >= 0.3 is 0 Å². The Kier molecular flexibility index (Phi) is 5.22. The van der Waals surface area contributed by atoms with E-state index in [0.717, 1.165) is 32.6 Å². The highest BCUT2D eigenvalue weighted by atomic mass is 16.2. The van der Waals surface area contributed by atoms with Crippen LogP contribution in [0.1, 0.15) is 20.3 Å². The SMILES string of the molecule is CCN(C)C(=O)CN1CCC(CN)C(C)C1. The summed E-state index contributed by atoms with van der Waals surface area (Å²) in [5.41, 5.74) is 5.72. The highest BCUT2D eigenvalue weighted by Gasteiger charge is 2.26. The van der Waals surface area contributed by atoms with E-state index in [1.54, 1.807) is 4.90 Å². The molecule has 1 heterocycles. The molecule has 16 heavy (non-hydrogen) atoms. The number of piperidine rings is 1. The first-order valence-corrected chi connectivity index (χ1v) is 6.24. The fraction of sp³-hybridized carbons (Fsp3) is 0.917. The number of rotatable bonds is 4. The van der Waals surface area contributed by atoms with Crippen LogP contribution in [0, 0.1) is 11.8 Å². The Hall–Kier alpha value is -0.610. The Bertz CT molecular complexity index is 232. The van der Waals surface area contributed by atoms with Crippen molar-refractivity contribution in [3.63, 3.8) is 0 Å². The fourth-order valence-electron chi connectivity index (χ4n) is 2.26. The summed E-state index contributed by atoms with van der Waals surface area (Å²) in [4.78, 5) is 15.8. The van der Waals surface area contributed by atoms with Crippen molar-refractivity contribution in [2.24, 2.45) is 17.6 Å². The zero-order valence-corrected chi connectivity index (χ0v) is 10.8. The molecule has 1 aliphatic heterocycles. The molecule has 4 heteroatoms. The Labute approximate surface area is 98.8 Å². The zero-order chi connectivity index (χ0) is 12.1. The molecule has 0 radical (unpaired) electrons. The summed E-state index contributed by atoms with van der Waals surface area (Å²) in [5, 5.41) is 0. The van der Waals surface area contributed by atoms with Crippen molar-refractivity contribution in [3.8, 4) is 0 Å². The Balaban J connectivity index is 2.38. The van der Waals surface area contributed by atoms with Crippen LogP contribution in [0.4, 0.5) is 0 Å². The van der Waals surface area contributed by atoms with E-state index in [4.69, 9.17) is 5.73 Å². The molecule has 1 saturated heterocycles. The molecular weight excluding hydrogens is 202 g/mol. The average molecular weight is 227 g/mol. The lowest BCUT2D eigenvalue weighted by atomic mass is 9.87. The molecule has 1 amide bonds. The van der Waals surface area contributed by atoms with E-state index in [0.29, 0.717) is 18.4 Å². The number of nitrogens with zero attached hydrogens (tertiary/aromatic N) is 2. The molecule has 2 N–H and O–H groups in total. The fourth-order valence-corrected chi connectivity index (χ4v) is 2.26. The van der Waals surface area contributed by atoms with Crippen LogP contribution in [0.3, 0.4) is 0 Å². The van der Waals surface area contributed by atoms with Gasteiger partial charge in [-0.05, 0) is 38.3 Å². The van der Waals surface area contributed by atoms with Gasteiger partial charge in [0, 0.05) is 20.1 Å². The van der Waals surface area contributed by atoms with Gasteiger partial charge in [0.1, 0.15) is 0 Å². The lowest BCUT2D eigenvalue weighted by Gasteiger charge is -2.36. The van der Waals surface area contributed by atoms with E-state index in [1.807, 2.05) is 14.0 Å². The van der Waals surface area contributed by atoms with Crippen LogP contribution >= 0.6 is 0 Å². The summed E-state index contributed by atoms with van der Waals surface area (Å²) in [7, 11) is 1.86. The van der Waals surface area contributed by atoms with Crippen LogP contribution in [-0.4, -0.2) is 55.5 Å². The third-order valence-corrected chi connectivity index (χ3v) is 3.73. The molecule has 0 aromatic carbocycles. The maximum absolute atomic E-state index is 11.8. The van der Waals surface area contributed by atoms with E-state index in [-0.39, 0.29) is 5.91 Å². The molecule has 1 fully saturated rings. The molecule has 0 aromatic heterocycles. The maximum Gasteiger partial charge on any atom is 0.236 e. The second-order valence-electron chi connectivity index (χ2n) is 4.90. The minimum absolute atomic E-state index is 0.223. The lowest BCUT2D eigenvalue weighted by molar-refractivity contribution is -0.131. The minimum atomic E-state index is 0.223. The van der Waals surface area contributed by atoms with E-state index in [2.05, 4.69) is 11.8 Å². The van der Waals surface area contributed by atoms with Crippen LogP contribution in [0.5, 0.6) is 0 Å². The lowest BCUT2D eigenvalue weighted by Crippen LogP contribution is -2.46. The molecule has 1 aliphatic rings. The number of likely N-dealkylation sites (N-methyl/N-ethyl adjacent to an activating group) is 1. The summed E-state index contributed by atoms with van der Waals surface area (Å²) >= 11 is 0. The number of amides is 1. The van der Waals surface area contributed by atoms with E-state index in [9.17, 15) is 4.79 Å². The smallest absolute Gasteiger partial charge is 0.236 e. The highest BCUT2D eigenvalue weighted by Crippen LogP contribution is 2.21. The number of hydrogen-bond donors (Lipinski definition) is 1. The molecular formula is C12H25N3O. The second-order valence-corrected chi connectivity index (χ2v) is 4.90. The quantitative estimate of drug-likeness (QED) is 0.755. The van der Waals surface area contributed by atoms with Crippen molar-refractivity contribution in [1.29, 1.82) is 0 Å². The van der Waals surface area contributed by atoms with E-state index < -0.39 is 0 Å². The van der Waals surface area contributed by atoms with Gasteiger partial charge in [0.05, 0.1) is 6.54 Å². The van der Waals surface area contributed by atoms with E-state index in [1.165, 1.54) is 0 Å². The topological polar surface area (TPSA) is 49.6 Å². The molecule has 2 unspecified atom stereocenters. The number of hydrogen-bond acceptors (Lipinski definition) is 3. The van der Waals surface area contributed by atoms with Gasteiger partial charge in [-0.1, -0.05) is 6.92 Å². The standard InChI is InChI=1S/C12H25N3O/c1-4-14(3)12(16)9-15-6-5-11(7-13)10(2)8-15/h10-11H,4-9,13H2,1-3H3. The van der Waals surface area contributed by atoms with Gasteiger partial charge in [-0.25, -0.2) is 0 Å². The van der Waals surface area contributed by atoms with Gasteiger partial charge in [-0.15, -0.1) is 0 Å². The number of likely N-dealkylation sites (tertiary alicyclic amines) is 1. The third-order valence-electron chi connectivity index (χ3n) is 3.73. The monoisotopic (exact) mass is 227 g/mol. The van der Waals surface area contributed by atoms with Crippen molar-refractivity contribution in [2.45, 2.75) is 20.3 Å².